The Morgan fingerprint density at radius 2 is 1.94 bits per heavy atom. The molecule has 1 aromatic rings. The second-order valence-electron chi connectivity index (χ2n) is 3.91. The summed E-state index contributed by atoms with van der Waals surface area (Å²) in [7, 11) is 4.02. The zero-order valence-corrected chi connectivity index (χ0v) is 11.3. The number of carbonyl (C=O) groups is 1. The van der Waals surface area contributed by atoms with Crippen LogP contribution in [0.3, 0.4) is 0 Å². The molecule has 1 N–H and O–H groups in total. The summed E-state index contributed by atoms with van der Waals surface area (Å²) in [5.74, 6) is 0.131. The number of hydrogen-bond donors (Lipinski definition) is 1. The average molecular weight is 285 g/mol. The van der Waals surface area contributed by atoms with Crippen LogP contribution in [0.1, 0.15) is 10.4 Å². The van der Waals surface area contributed by atoms with Gasteiger partial charge in [0.1, 0.15) is 0 Å². The monoisotopic (exact) mass is 284 g/mol. The first kappa shape index (κ1) is 13.4. The molecule has 0 saturated carbocycles. The number of halogens is 1. The summed E-state index contributed by atoms with van der Waals surface area (Å²) < 4.78 is 0.990. The number of rotatable bonds is 6. The molecule has 0 radical (unpaired) electrons. The third kappa shape index (κ3) is 4.88. The minimum Gasteiger partial charge on any atom is -0.308 e. The van der Waals surface area contributed by atoms with Gasteiger partial charge in [0.05, 0.1) is 6.54 Å². The first-order chi connectivity index (χ1) is 7.59. The van der Waals surface area contributed by atoms with E-state index in [4.69, 9.17) is 0 Å². The molecule has 88 valence electrons. The molecular formula is C12H17BrN2O. The molecule has 0 atom stereocenters. The van der Waals surface area contributed by atoms with Crippen LogP contribution in [0.4, 0.5) is 0 Å². The van der Waals surface area contributed by atoms with Crippen LogP contribution in [0.5, 0.6) is 0 Å². The van der Waals surface area contributed by atoms with E-state index in [1.54, 1.807) is 0 Å². The van der Waals surface area contributed by atoms with E-state index in [0.29, 0.717) is 6.54 Å². The van der Waals surface area contributed by atoms with Crippen LogP contribution in [0, 0.1) is 0 Å². The Morgan fingerprint density at radius 1 is 1.31 bits per heavy atom. The molecule has 0 aromatic heterocycles. The topological polar surface area (TPSA) is 32.3 Å². The molecule has 16 heavy (non-hydrogen) atoms. The summed E-state index contributed by atoms with van der Waals surface area (Å²) in [4.78, 5) is 13.8. The van der Waals surface area contributed by atoms with Gasteiger partial charge in [0.2, 0.25) is 0 Å². The number of carbonyl (C=O) groups excluding carboxylic acids is 1. The van der Waals surface area contributed by atoms with Crippen molar-refractivity contribution in [1.29, 1.82) is 0 Å². The lowest BCUT2D eigenvalue weighted by Crippen LogP contribution is -2.30. The standard InChI is InChI=1S/C12H17BrN2O/c1-15(2)8-7-14-9-12(16)10-3-5-11(13)6-4-10/h3-6,14H,7-9H2,1-2H3. The van der Waals surface area contributed by atoms with Gasteiger partial charge in [-0.25, -0.2) is 0 Å². The number of nitrogens with zero attached hydrogens (tertiary/aromatic N) is 1. The molecule has 1 aromatic carbocycles. The number of hydrogen-bond acceptors (Lipinski definition) is 3. The summed E-state index contributed by atoms with van der Waals surface area (Å²) >= 11 is 3.34. The van der Waals surface area contributed by atoms with Gasteiger partial charge in [-0.05, 0) is 26.2 Å². The molecule has 0 aliphatic rings. The summed E-state index contributed by atoms with van der Waals surface area (Å²) in [5.41, 5.74) is 0.751. The van der Waals surface area contributed by atoms with Crippen molar-refractivity contribution in [2.24, 2.45) is 0 Å². The van der Waals surface area contributed by atoms with Gasteiger partial charge in [-0.15, -0.1) is 0 Å². The number of Topliss-reactive ketones (excluding diaryl/α,β-unsaturated/α-hetero) is 1. The van der Waals surface area contributed by atoms with Crippen LogP contribution in [0.25, 0.3) is 0 Å². The predicted molar refractivity (Wildman–Crippen MR) is 69.9 cm³/mol. The van der Waals surface area contributed by atoms with Gasteiger partial charge in [0.15, 0.2) is 5.78 Å². The lowest BCUT2D eigenvalue weighted by atomic mass is 10.1. The van der Waals surface area contributed by atoms with Gasteiger partial charge >= 0.3 is 0 Å². The van der Waals surface area contributed by atoms with Crippen LogP contribution >= 0.6 is 15.9 Å². The highest BCUT2D eigenvalue weighted by atomic mass is 79.9. The molecule has 0 heterocycles. The van der Waals surface area contributed by atoms with Crippen LogP contribution < -0.4 is 5.32 Å². The zero-order valence-electron chi connectivity index (χ0n) is 9.66. The second-order valence-corrected chi connectivity index (χ2v) is 4.83. The number of likely N-dealkylation sites (N-methyl/N-ethyl adjacent to an activating group) is 1. The van der Waals surface area contributed by atoms with Gasteiger partial charge in [-0.1, -0.05) is 28.1 Å². The van der Waals surface area contributed by atoms with Crippen LogP contribution in [-0.2, 0) is 0 Å². The highest BCUT2D eigenvalue weighted by Crippen LogP contribution is 2.10. The van der Waals surface area contributed by atoms with Crippen molar-refractivity contribution in [3.05, 3.63) is 34.3 Å². The van der Waals surface area contributed by atoms with E-state index in [0.717, 1.165) is 23.1 Å². The fourth-order valence-corrected chi connectivity index (χ4v) is 1.51. The largest absolute Gasteiger partial charge is 0.308 e. The molecule has 0 aliphatic carbocycles. The highest BCUT2D eigenvalue weighted by Gasteiger charge is 2.04. The average Bonchev–Trinajstić information content (AvgIpc) is 2.25. The summed E-state index contributed by atoms with van der Waals surface area (Å²) in [5, 5.41) is 3.13. The van der Waals surface area contributed by atoms with E-state index >= 15 is 0 Å². The van der Waals surface area contributed by atoms with E-state index in [2.05, 4.69) is 26.1 Å². The molecule has 3 nitrogen and oxygen atoms in total. The van der Waals surface area contributed by atoms with E-state index in [1.165, 1.54) is 0 Å². The predicted octanol–water partition coefficient (Wildman–Crippen LogP) is 1.78. The maximum absolute atomic E-state index is 11.7. The maximum Gasteiger partial charge on any atom is 0.176 e. The minimum atomic E-state index is 0.131. The van der Waals surface area contributed by atoms with Gasteiger partial charge in [0.25, 0.3) is 0 Å². The van der Waals surface area contributed by atoms with Gasteiger partial charge in [-0.2, -0.15) is 0 Å². The first-order valence-electron chi connectivity index (χ1n) is 5.24. The quantitative estimate of drug-likeness (QED) is 0.639. The molecule has 0 saturated heterocycles. The number of ketones is 1. The molecule has 1 rings (SSSR count). The van der Waals surface area contributed by atoms with Crippen molar-refractivity contribution in [2.45, 2.75) is 0 Å². The third-order valence-corrected chi connectivity index (χ3v) is 2.72. The van der Waals surface area contributed by atoms with Crippen molar-refractivity contribution >= 4 is 21.7 Å². The van der Waals surface area contributed by atoms with Gasteiger partial charge < -0.3 is 10.2 Å². The lowest BCUT2D eigenvalue weighted by Gasteiger charge is -2.09. The van der Waals surface area contributed by atoms with Gasteiger partial charge in [-0.3, -0.25) is 4.79 Å². The highest BCUT2D eigenvalue weighted by molar-refractivity contribution is 9.10. The third-order valence-electron chi connectivity index (χ3n) is 2.19. The van der Waals surface area contributed by atoms with Crippen LogP contribution in [-0.4, -0.2) is 44.4 Å². The summed E-state index contributed by atoms with van der Waals surface area (Å²) in [6, 6.07) is 7.43. The summed E-state index contributed by atoms with van der Waals surface area (Å²) in [6.45, 7) is 2.17. The molecular weight excluding hydrogens is 268 g/mol. The SMILES string of the molecule is CN(C)CCNCC(=O)c1ccc(Br)cc1. The minimum absolute atomic E-state index is 0.131. The van der Waals surface area contributed by atoms with Crippen molar-refractivity contribution < 1.29 is 4.79 Å². The van der Waals surface area contributed by atoms with Crippen molar-refractivity contribution in [2.75, 3.05) is 33.7 Å². The van der Waals surface area contributed by atoms with Gasteiger partial charge in [0, 0.05) is 23.1 Å². The Morgan fingerprint density at radius 3 is 2.50 bits per heavy atom. The fourth-order valence-electron chi connectivity index (χ4n) is 1.24. The van der Waals surface area contributed by atoms with Crippen LogP contribution in [0.2, 0.25) is 0 Å². The van der Waals surface area contributed by atoms with E-state index in [1.807, 2.05) is 38.4 Å². The van der Waals surface area contributed by atoms with Crippen LogP contribution in [0.15, 0.2) is 28.7 Å². The Labute approximate surface area is 105 Å². The van der Waals surface area contributed by atoms with E-state index in [-0.39, 0.29) is 5.78 Å². The number of benzene rings is 1. The Hall–Kier alpha value is -0.710. The lowest BCUT2D eigenvalue weighted by molar-refractivity contribution is 0.0990. The molecule has 0 aliphatic heterocycles. The number of nitrogens with one attached hydrogen (secondary N) is 1. The van der Waals surface area contributed by atoms with E-state index < -0.39 is 0 Å². The van der Waals surface area contributed by atoms with Crippen molar-refractivity contribution in [3.8, 4) is 0 Å². The summed E-state index contributed by atoms with van der Waals surface area (Å²) in [6.07, 6.45) is 0. The molecule has 0 bridgehead atoms. The Bertz CT molecular complexity index is 335. The molecule has 0 fully saturated rings. The van der Waals surface area contributed by atoms with E-state index in [9.17, 15) is 4.79 Å². The molecule has 0 amide bonds. The zero-order chi connectivity index (χ0) is 12.0. The Balaban J connectivity index is 2.32. The smallest absolute Gasteiger partial charge is 0.176 e. The second kappa shape index (κ2) is 6.78. The normalized spacial score (nSPS) is 10.8. The first-order valence-corrected chi connectivity index (χ1v) is 6.03. The molecule has 0 unspecified atom stereocenters. The Kier molecular flexibility index (Phi) is 5.66. The van der Waals surface area contributed by atoms with Crippen molar-refractivity contribution in [1.82, 2.24) is 10.2 Å². The maximum atomic E-state index is 11.7. The van der Waals surface area contributed by atoms with Crippen molar-refractivity contribution in [3.63, 3.8) is 0 Å². The molecule has 0 spiro atoms. The molecule has 4 heteroatoms. The fraction of sp³-hybridized carbons (Fsp3) is 0.417.